The van der Waals surface area contributed by atoms with E-state index in [0.717, 1.165) is 0 Å². The lowest BCUT2D eigenvalue weighted by Gasteiger charge is -2.26. The van der Waals surface area contributed by atoms with Crippen LogP contribution in [0.25, 0.3) is 0 Å². The first kappa shape index (κ1) is 28.7. The molecule has 40 heavy (non-hydrogen) atoms. The quantitative estimate of drug-likeness (QED) is 0.0804. The lowest BCUT2D eigenvalue weighted by atomic mass is 9.78. The zero-order valence-corrected chi connectivity index (χ0v) is 20.7. The van der Waals surface area contributed by atoms with Gasteiger partial charge in [-0.2, -0.15) is 0 Å². The molecule has 0 aliphatic carbocycles. The second-order valence-electron chi connectivity index (χ2n) is 8.97. The number of rotatable bonds is 10. The van der Waals surface area contributed by atoms with Gasteiger partial charge in [0.2, 0.25) is 5.91 Å². The molecule has 0 saturated heterocycles. The van der Waals surface area contributed by atoms with Gasteiger partial charge in [0.15, 0.2) is 0 Å². The third-order valence-electron chi connectivity index (χ3n) is 6.36. The number of carbonyl (C=O) groups excluding carboxylic acids is 4. The summed E-state index contributed by atoms with van der Waals surface area (Å²) in [7, 11) is -2.52. The van der Waals surface area contributed by atoms with Gasteiger partial charge in [0, 0.05) is 17.7 Å². The average molecular weight is 554 g/mol. The fourth-order valence-corrected chi connectivity index (χ4v) is 4.23. The normalized spacial score (nSPS) is 15.0. The van der Waals surface area contributed by atoms with Crippen LogP contribution in [0.5, 0.6) is 0 Å². The highest BCUT2D eigenvalue weighted by atomic mass is 16.5. The van der Waals surface area contributed by atoms with Crippen LogP contribution in [0, 0.1) is 0 Å². The van der Waals surface area contributed by atoms with Gasteiger partial charge in [-0.3, -0.25) is 29.2 Å². The number of aliphatic carboxylic acids is 1. The highest BCUT2D eigenvalue weighted by Gasteiger charge is 2.38. The Kier molecular flexibility index (Phi) is 8.81. The Hall–Kier alpha value is -4.28. The van der Waals surface area contributed by atoms with E-state index >= 15 is 0 Å². The number of hydroxylamine groups is 1. The van der Waals surface area contributed by atoms with E-state index in [2.05, 4.69) is 16.0 Å². The summed E-state index contributed by atoms with van der Waals surface area (Å²) in [5.41, 5.74) is 3.24. The van der Waals surface area contributed by atoms with Crippen molar-refractivity contribution in [3.8, 4) is 0 Å². The van der Waals surface area contributed by atoms with E-state index in [4.69, 9.17) is 14.4 Å². The molecule has 0 aromatic heterocycles. The van der Waals surface area contributed by atoms with E-state index < -0.39 is 62.3 Å². The Bertz CT molecular complexity index is 1360. The Labute approximate surface area is 227 Å². The van der Waals surface area contributed by atoms with E-state index in [9.17, 15) is 39.2 Å². The molecule has 4 rings (SSSR count). The van der Waals surface area contributed by atoms with Crippen LogP contribution >= 0.6 is 0 Å². The number of carboxylic acids is 1. The third kappa shape index (κ3) is 6.30. The summed E-state index contributed by atoms with van der Waals surface area (Å²) in [5, 5.41) is 45.0. The molecule has 2 atom stereocenters. The van der Waals surface area contributed by atoms with Crippen LogP contribution in [-0.4, -0.2) is 82.8 Å². The molecule has 2 aromatic carbocycles. The van der Waals surface area contributed by atoms with E-state index in [1.54, 1.807) is 0 Å². The summed E-state index contributed by atoms with van der Waals surface area (Å²) < 4.78 is 10.2. The second kappa shape index (κ2) is 12.3. The van der Waals surface area contributed by atoms with Crippen LogP contribution in [0.2, 0.25) is 0 Å². The molecule has 0 bridgehead atoms. The van der Waals surface area contributed by atoms with Crippen molar-refractivity contribution in [2.45, 2.75) is 31.7 Å². The van der Waals surface area contributed by atoms with Crippen molar-refractivity contribution in [1.29, 1.82) is 0 Å². The molecule has 2 aliphatic rings. The average Bonchev–Trinajstić information content (AvgIpc) is 3.50. The predicted molar refractivity (Wildman–Crippen MR) is 135 cm³/mol. The summed E-state index contributed by atoms with van der Waals surface area (Å²) in [4.78, 5) is 62.8. The first-order valence-corrected chi connectivity index (χ1v) is 12.0. The number of benzene rings is 2. The molecule has 0 saturated carbocycles. The number of hydrogen-bond acceptors (Lipinski definition) is 10. The number of nitrogens with one attached hydrogen (secondary N) is 4. The summed E-state index contributed by atoms with van der Waals surface area (Å²) in [6, 6.07) is 4.79. The number of fused-ring (bicyclic) bond motifs is 2. The Morgan fingerprint density at radius 3 is 1.73 bits per heavy atom. The fourth-order valence-electron chi connectivity index (χ4n) is 4.23. The van der Waals surface area contributed by atoms with Crippen molar-refractivity contribution in [2.24, 2.45) is 0 Å². The summed E-state index contributed by atoms with van der Waals surface area (Å²) >= 11 is 0. The molecule has 2 heterocycles. The molecule has 15 nitrogen and oxygen atoms in total. The van der Waals surface area contributed by atoms with Crippen LogP contribution < -0.4 is 32.4 Å². The van der Waals surface area contributed by atoms with E-state index in [-0.39, 0.29) is 30.9 Å². The summed E-state index contributed by atoms with van der Waals surface area (Å²) in [5.74, 6) is -5.31. The maximum atomic E-state index is 13.1. The Morgan fingerprint density at radius 1 is 0.800 bits per heavy atom. The number of amides is 4. The van der Waals surface area contributed by atoms with Crippen LogP contribution in [0.15, 0.2) is 36.4 Å². The Morgan fingerprint density at radius 2 is 1.27 bits per heavy atom. The van der Waals surface area contributed by atoms with Gasteiger partial charge in [-0.15, -0.1) is 0 Å². The van der Waals surface area contributed by atoms with Gasteiger partial charge in [-0.1, -0.05) is 12.1 Å². The topological polar surface area (TPSA) is 233 Å². The summed E-state index contributed by atoms with van der Waals surface area (Å²) in [6.07, 6.45) is -0.474. The van der Waals surface area contributed by atoms with Gasteiger partial charge in [0.25, 0.3) is 17.7 Å². The minimum atomic E-state index is -1.89. The van der Waals surface area contributed by atoms with Gasteiger partial charge in [0.1, 0.15) is 12.1 Å². The lowest BCUT2D eigenvalue weighted by Crippen LogP contribution is -2.63. The minimum absolute atomic E-state index is 0.0197. The van der Waals surface area contributed by atoms with E-state index in [1.807, 2.05) is 0 Å². The first-order valence-electron chi connectivity index (χ1n) is 12.0. The molecule has 208 valence electrons. The number of hydrogen-bond donors (Lipinski definition) is 8. The Balaban J connectivity index is 1.60. The van der Waals surface area contributed by atoms with Crippen molar-refractivity contribution >= 4 is 54.8 Å². The zero-order chi connectivity index (χ0) is 29.0. The van der Waals surface area contributed by atoms with E-state index in [0.29, 0.717) is 22.1 Å². The molecule has 0 fully saturated rings. The predicted octanol–water partition coefficient (Wildman–Crippen LogP) is -3.88. The van der Waals surface area contributed by atoms with Crippen molar-refractivity contribution in [1.82, 2.24) is 21.4 Å². The molecule has 8 N–H and O–H groups in total. The lowest BCUT2D eigenvalue weighted by molar-refractivity contribution is -0.137. The molecule has 0 spiro atoms. The van der Waals surface area contributed by atoms with Crippen molar-refractivity contribution in [3.63, 3.8) is 0 Å². The van der Waals surface area contributed by atoms with Gasteiger partial charge in [0.05, 0.1) is 19.6 Å². The molecule has 4 amide bonds. The van der Waals surface area contributed by atoms with Gasteiger partial charge in [-0.05, 0) is 46.3 Å². The third-order valence-corrected chi connectivity index (χ3v) is 6.36. The number of carboxylic acid groups (broad SMARTS) is 1. The van der Waals surface area contributed by atoms with Crippen molar-refractivity contribution < 1.29 is 53.6 Å². The first-order chi connectivity index (χ1) is 19.1. The van der Waals surface area contributed by atoms with Crippen LogP contribution in [0.1, 0.15) is 38.3 Å². The molecular formula is C23H24B2N4O11. The SMILES string of the molecule is O=C(O)CCNC(=O)[C@@H](NC(=O)c1ccc2c(c1)B(O)OC2)[C@@H](NC(=O)c1ccc2c(c1)B(O)OC2)C(=O)NO. The molecule has 2 aliphatic heterocycles. The molecule has 17 heteroatoms. The fraction of sp³-hybridized carbons (Fsp3) is 0.261. The molecule has 0 radical (unpaired) electrons. The monoisotopic (exact) mass is 554 g/mol. The maximum Gasteiger partial charge on any atom is 0.491 e. The second-order valence-corrected chi connectivity index (χ2v) is 8.97. The van der Waals surface area contributed by atoms with Crippen molar-refractivity contribution in [2.75, 3.05) is 6.54 Å². The highest BCUT2D eigenvalue weighted by molar-refractivity contribution is 6.62. The van der Waals surface area contributed by atoms with Gasteiger partial charge < -0.3 is 40.4 Å². The summed E-state index contributed by atoms with van der Waals surface area (Å²) in [6.45, 7) is -0.110. The zero-order valence-electron chi connectivity index (χ0n) is 20.7. The van der Waals surface area contributed by atoms with Crippen LogP contribution in [-0.2, 0) is 36.9 Å². The number of carbonyl (C=O) groups is 5. The minimum Gasteiger partial charge on any atom is -0.481 e. The standard InChI is InChI=1S/C23H24B2N4O11/c30-17(31)5-6-26-22(34)18(27-20(32)11-1-3-13-9-39-24(36)15(13)7-11)19(23(35)29-38)28-21(33)12-2-4-14-10-40-25(37)16(14)8-12/h1-4,7-8,18-19,36-38H,5-6,9-10H2,(H,26,34)(H,27,32)(H,28,33)(H,29,35)(H,30,31)/t18-,19+/m0/s1. The van der Waals surface area contributed by atoms with Crippen molar-refractivity contribution in [3.05, 3.63) is 58.7 Å². The van der Waals surface area contributed by atoms with Crippen LogP contribution in [0.4, 0.5) is 0 Å². The largest absolute Gasteiger partial charge is 0.491 e. The maximum absolute atomic E-state index is 13.1. The van der Waals surface area contributed by atoms with Gasteiger partial charge in [-0.25, -0.2) is 5.48 Å². The van der Waals surface area contributed by atoms with Crippen LogP contribution in [0.3, 0.4) is 0 Å². The molecule has 0 unspecified atom stereocenters. The van der Waals surface area contributed by atoms with E-state index in [1.165, 1.54) is 41.9 Å². The van der Waals surface area contributed by atoms with Gasteiger partial charge >= 0.3 is 20.2 Å². The molecule has 2 aromatic rings. The smallest absolute Gasteiger partial charge is 0.481 e. The highest BCUT2D eigenvalue weighted by Crippen LogP contribution is 2.14. The molecular weight excluding hydrogens is 530 g/mol.